The molecule has 0 saturated carbocycles. The molecular weight excluding hydrogens is 588 g/mol. The fourth-order valence-corrected chi connectivity index (χ4v) is 5.80. The minimum atomic E-state index is 0.793. The molecule has 0 aliphatic heterocycles. The number of aromatic nitrogens is 2. The minimum Gasteiger partial charge on any atom is -0.494 e. The maximum Gasteiger partial charge on any atom is 0.119 e. The highest BCUT2D eigenvalue weighted by molar-refractivity contribution is 5.70. The van der Waals surface area contributed by atoms with E-state index in [1.807, 2.05) is 48.6 Å². The molecule has 0 aliphatic rings. The second-order valence-electron chi connectivity index (χ2n) is 13.2. The molecule has 3 aromatic rings. The van der Waals surface area contributed by atoms with Crippen molar-refractivity contribution in [2.75, 3.05) is 13.2 Å². The van der Waals surface area contributed by atoms with Crippen LogP contribution in [0.25, 0.3) is 24.3 Å². The lowest BCUT2D eigenvalue weighted by molar-refractivity contribution is 0.304. The van der Waals surface area contributed by atoms with E-state index in [0.29, 0.717) is 0 Å². The highest BCUT2D eigenvalue weighted by Gasteiger charge is 1.99. The summed E-state index contributed by atoms with van der Waals surface area (Å²) < 4.78 is 11.9. The lowest BCUT2D eigenvalue weighted by atomic mass is 10.1. The van der Waals surface area contributed by atoms with Crippen LogP contribution in [-0.2, 0) is 0 Å². The molecule has 0 bridgehead atoms. The van der Waals surface area contributed by atoms with E-state index in [-0.39, 0.29) is 0 Å². The Morgan fingerprint density at radius 2 is 0.688 bits per heavy atom. The summed E-state index contributed by atoms with van der Waals surface area (Å²) >= 11 is 0. The lowest BCUT2D eigenvalue weighted by Gasteiger charge is -2.06. The molecule has 3 rings (SSSR count). The summed E-state index contributed by atoms with van der Waals surface area (Å²) in [5.74, 6) is 1.87. The van der Waals surface area contributed by atoms with Crippen molar-refractivity contribution in [3.63, 3.8) is 0 Å². The average molecular weight is 653 g/mol. The monoisotopic (exact) mass is 652 g/mol. The zero-order chi connectivity index (χ0) is 33.7. The molecule has 1 aromatic heterocycles. The largest absolute Gasteiger partial charge is 0.494 e. The smallest absolute Gasteiger partial charge is 0.119 e. The average Bonchev–Trinajstić information content (AvgIpc) is 3.12. The van der Waals surface area contributed by atoms with E-state index in [1.54, 1.807) is 0 Å². The van der Waals surface area contributed by atoms with Crippen LogP contribution in [0, 0.1) is 0 Å². The number of ether oxygens (including phenoxy) is 2. The zero-order valence-electron chi connectivity index (χ0n) is 30.4. The van der Waals surface area contributed by atoms with E-state index in [1.165, 1.54) is 116 Å². The molecule has 0 N–H and O–H groups in total. The molecule has 0 spiro atoms. The van der Waals surface area contributed by atoms with Gasteiger partial charge in [-0.1, -0.05) is 166 Å². The van der Waals surface area contributed by atoms with Gasteiger partial charge in [-0.15, -0.1) is 0 Å². The minimum absolute atomic E-state index is 0.793. The maximum atomic E-state index is 5.95. The molecule has 2 aromatic carbocycles. The molecule has 262 valence electrons. The van der Waals surface area contributed by atoms with E-state index in [2.05, 4.69) is 60.5 Å². The molecule has 0 amide bonds. The van der Waals surface area contributed by atoms with Gasteiger partial charge in [-0.2, -0.15) is 10.2 Å². The highest BCUT2D eigenvalue weighted by atomic mass is 16.5. The number of nitrogens with zero attached hydrogens (tertiary/aromatic N) is 2. The summed E-state index contributed by atoms with van der Waals surface area (Å²) in [5.41, 5.74) is 3.89. The van der Waals surface area contributed by atoms with Crippen LogP contribution in [-0.4, -0.2) is 23.4 Å². The second-order valence-corrected chi connectivity index (χ2v) is 13.2. The molecule has 0 aliphatic carbocycles. The summed E-state index contributed by atoms with van der Waals surface area (Å²) in [4.78, 5) is 0. The first-order chi connectivity index (χ1) is 23.8. The number of unbranched alkanes of at least 4 members (excludes halogenated alkanes) is 18. The van der Waals surface area contributed by atoms with Crippen LogP contribution in [0.4, 0.5) is 0 Å². The predicted octanol–water partition coefficient (Wildman–Crippen LogP) is 13.4. The fraction of sp³-hybridized carbons (Fsp3) is 0.545. The van der Waals surface area contributed by atoms with Crippen LogP contribution in [0.5, 0.6) is 11.5 Å². The van der Waals surface area contributed by atoms with Crippen LogP contribution >= 0.6 is 0 Å². The van der Waals surface area contributed by atoms with Gasteiger partial charge in [-0.3, -0.25) is 0 Å². The van der Waals surface area contributed by atoms with E-state index >= 15 is 0 Å². The Balaban J connectivity index is 1.26. The molecule has 0 saturated heterocycles. The summed E-state index contributed by atoms with van der Waals surface area (Å²) in [7, 11) is 0. The molecule has 0 fully saturated rings. The van der Waals surface area contributed by atoms with Crippen LogP contribution < -0.4 is 9.47 Å². The van der Waals surface area contributed by atoms with Gasteiger partial charge in [-0.05, 0) is 72.5 Å². The number of rotatable bonds is 28. The summed E-state index contributed by atoms with van der Waals surface area (Å²) in [6.07, 6.45) is 34.9. The highest BCUT2D eigenvalue weighted by Crippen LogP contribution is 2.18. The number of benzene rings is 2. The predicted molar refractivity (Wildman–Crippen MR) is 207 cm³/mol. The van der Waals surface area contributed by atoms with Crippen molar-refractivity contribution in [3.8, 4) is 11.5 Å². The van der Waals surface area contributed by atoms with Crippen LogP contribution in [0.2, 0.25) is 0 Å². The molecule has 48 heavy (non-hydrogen) atoms. The van der Waals surface area contributed by atoms with Gasteiger partial charge in [0.05, 0.1) is 24.6 Å². The topological polar surface area (TPSA) is 44.2 Å². The quantitative estimate of drug-likeness (QED) is 0.0732. The standard InChI is InChI=1S/C44H64N2O2/c1-3-5-7-9-11-13-15-17-19-21-37-47-43-33-25-39(26-34-43)23-29-41-31-32-42(46-45-41)30-24-40-27-35-44(36-28-40)48-38-22-20-18-16-14-12-10-8-6-4-2/h23-36H,3-22,37-38H2,1-2H3/b29-23+,30-24+. The normalized spacial score (nSPS) is 11.5. The van der Waals surface area contributed by atoms with Crippen molar-refractivity contribution >= 4 is 24.3 Å². The molecule has 0 atom stereocenters. The van der Waals surface area contributed by atoms with Gasteiger partial charge >= 0.3 is 0 Å². The third-order valence-electron chi connectivity index (χ3n) is 8.89. The van der Waals surface area contributed by atoms with Gasteiger partial charge in [0, 0.05) is 0 Å². The summed E-state index contributed by atoms with van der Waals surface area (Å²) in [6.45, 7) is 6.14. The van der Waals surface area contributed by atoms with Gasteiger partial charge in [0.25, 0.3) is 0 Å². The lowest BCUT2D eigenvalue weighted by Crippen LogP contribution is -1.97. The van der Waals surface area contributed by atoms with Crippen molar-refractivity contribution < 1.29 is 9.47 Å². The van der Waals surface area contributed by atoms with Crippen LogP contribution in [0.15, 0.2) is 60.7 Å². The van der Waals surface area contributed by atoms with Crippen LogP contribution in [0.1, 0.15) is 165 Å². The van der Waals surface area contributed by atoms with E-state index in [4.69, 9.17) is 9.47 Å². The van der Waals surface area contributed by atoms with E-state index < -0.39 is 0 Å². The second kappa shape index (κ2) is 26.5. The van der Waals surface area contributed by atoms with Crippen molar-refractivity contribution in [1.29, 1.82) is 0 Å². The molecule has 0 radical (unpaired) electrons. The fourth-order valence-electron chi connectivity index (χ4n) is 5.80. The van der Waals surface area contributed by atoms with Crippen molar-refractivity contribution in [3.05, 3.63) is 83.2 Å². The Morgan fingerprint density at radius 1 is 0.375 bits per heavy atom. The number of hydrogen-bond acceptors (Lipinski definition) is 4. The summed E-state index contributed by atoms with van der Waals surface area (Å²) in [6, 6.07) is 20.5. The first-order valence-electron chi connectivity index (χ1n) is 19.4. The Kier molecular flexibility index (Phi) is 21.6. The third-order valence-corrected chi connectivity index (χ3v) is 8.89. The van der Waals surface area contributed by atoms with Gasteiger partial charge in [0.2, 0.25) is 0 Å². The first-order valence-corrected chi connectivity index (χ1v) is 19.4. The van der Waals surface area contributed by atoms with E-state index in [0.717, 1.165) is 60.1 Å². The van der Waals surface area contributed by atoms with Gasteiger partial charge in [-0.25, -0.2) is 0 Å². The SMILES string of the molecule is CCCCCCCCCCCCOc1ccc(/C=C/c2ccc(/C=C/c3ccc(OCCCCCCCCCCCC)cc3)nn2)cc1. The molecule has 4 nitrogen and oxygen atoms in total. The molecule has 1 heterocycles. The zero-order valence-corrected chi connectivity index (χ0v) is 30.4. The molecular formula is C44H64N2O2. The Morgan fingerprint density at radius 3 is 1.00 bits per heavy atom. The maximum absolute atomic E-state index is 5.95. The summed E-state index contributed by atoms with van der Waals surface area (Å²) in [5, 5.41) is 8.76. The van der Waals surface area contributed by atoms with Crippen LogP contribution in [0.3, 0.4) is 0 Å². The van der Waals surface area contributed by atoms with Gasteiger partial charge in [0.15, 0.2) is 0 Å². The molecule has 0 unspecified atom stereocenters. The van der Waals surface area contributed by atoms with Gasteiger partial charge < -0.3 is 9.47 Å². The Bertz CT molecular complexity index is 1130. The Hall–Kier alpha value is -3.40. The van der Waals surface area contributed by atoms with E-state index in [9.17, 15) is 0 Å². The Labute approximate surface area is 293 Å². The number of hydrogen-bond donors (Lipinski definition) is 0. The molecule has 4 heteroatoms. The van der Waals surface area contributed by atoms with Crippen molar-refractivity contribution in [1.82, 2.24) is 10.2 Å². The third kappa shape index (κ3) is 18.8. The van der Waals surface area contributed by atoms with Crippen molar-refractivity contribution in [2.24, 2.45) is 0 Å². The van der Waals surface area contributed by atoms with Gasteiger partial charge in [0.1, 0.15) is 11.5 Å². The van der Waals surface area contributed by atoms with Crippen molar-refractivity contribution in [2.45, 2.75) is 142 Å². The first kappa shape index (κ1) is 39.0.